The number of aryl methyl sites for hydroxylation is 1. The third-order valence-electron chi connectivity index (χ3n) is 3.80. The van der Waals surface area contributed by atoms with Crippen molar-refractivity contribution in [2.75, 3.05) is 6.54 Å². The molecule has 0 aliphatic carbocycles. The minimum Gasteiger partial charge on any atom is -0.507 e. The Hall–Kier alpha value is -2.01. The zero-order chi connectivity index (χ0) is 13.6. The van der Waals surface area contributed by atoms with Crippen LogP contribution in [0.4, 0.5) is 0 Å². The fraction of sp³-hybridized carbons (Fsp3) is 0.357. The number of aromatic amines is 1. The van der Waals surface area contributed by atoms with Crippen molar-refractivity contribution >= 4 is 16.9 Å². The number of benzene rings is 1. The Morgan fingerprint density at radius 2 is 2.21 bits per heavy atom. The SMILES string of the molecule is Cc1cc2c(O)c(C3CC(C(=O)O)CN3)ccc2[nH]1. The van der Waals surface area contributed by atoms with Gasteiger partial charge in [-0.05, 0) is 25.5 Å². The second kappa shape index (κ2) is 4.28. The number of carbonyl (C=O) groups is 1. The summed E-state index contributed by atoms with van der Waals surface area (Å²) in [7, 11) is 0. The molecule has 1 aromatic heterocycles. The molecular weight excluding hydrogens is 244 g/mol. The van der Waals surface area contributed by atoms with Gasteiger partial charge < -0.3 is 20.5 Å². The smallest absolute Gasteiger partial charge is 0.307 e. The molecule has 100 valence electrons. The third kappa shape index (κ3) is 1.96. The number of hydrogen-bond donors (Lipinski definition) is 4. The maximum Gasteiger partial charge on any atom is 0.307 e. The Labute approximate surface area is 110 Å². The van der Waals surface area contributed by atoms with Crippen molar-refractivity contribution in [3.05, 3.63) is 29.5 Å². The lowest BCUT2D eigenvalue weighted by Crippen LogP contribution is -2.17. The lowest BCUT2D eigenvalue weighted by Gasteiger charge is -2.13. The van der Waals surface area contributed by atoms with Crippen molar-refractivity contribution in [3.63, 3.8) is 0 Å². The summed E-state index contributed by atoms with van der Waals surface area (Å²) in [5.74, 6) is -0.925. The average molecular weight is 260 g/mol. The van der Waals surface area contributed by atoms with Crippen LogP contribution in [0.5, 0.6) is 5.75 Å². The first-order chi connectivity index (χ1) is 9.06. The maximum atomic E-state index is 11.0. The van der Waals surface area contributed by atoms with Gasteiger partial charge in [0.1, 0.15) is 5.75 Å². The Bertz CT molecular complexity index is 647. The predicted octanol–water partition coefficient (Wildman–Crippen LogP) is 1.92. The zero-order valence-electron chi connectivity index (χ0n) is 10.6. The van der Waals surface area contributed by atoms with Gasteiger partial charge in [-0.15, -0.1) is 0 Å². The number of carboxylic acid groups (broad SMARTS) is 1. The number of phenols is 1. The number of aromatic nitrogens is 1. The normalized spacial score (nSPS) is 23.0. The molecule has 0 radical (unpaired) electrons. The number of aliphatic carboxylic acids is 1. The fourth-order valence-electron chi connectivity index (χ4n) is 2.79. The Morgan fingerprint density at radius 3 is 2.89 bits per heavy atom. The Balaban J connectivity index is 1.97. The monoisotopic (exact) mass is 260 g/mol. The van der Waals surface area contributed by atoms with Crippen LogP contribution in [0.3, 0.4) is 0 Å². The number of hydrogen-bond acceptors (Lipinski definition) is 3. The predicted molar refractivity (Wildman–Crippen MR) is 71.2 cm³/mol. The summed E-state index contributed by atoms with van der Waals surface area (Å²) in [6, 6.07) is 5.58. The van der Waals surface area contributed by atoms with Gasteiger partial charge >= 0.3 is 5.97 Å². The van der Waals surface area contributed by atoms with E-state index in [4.69, 9.17) is 5.11 Å². The first-order valence-electron chi connectivity index (χ1n) is 6.33. The minimum absolute atomic E-state index is 0.0966. The molecule has 5 heteroatoms. The van der Waals surface area contributed by atoms with Crippen LogP contribution in [-0.2, 0) is 4.79 Å². The molecule has 1 saturated heterocycles. The van der Waals surface area contributed by atoms with Crippen molar-refractivity contribution in [3.8, 4) is 5.75 Å². The molecule has 4 N–H and O–H groups in total. The van der Waals surface area contributed by atoms with Gasteiger partial charge in [-0.25, -0.2) is 0 Å². The van der Waals surface area contributed by atoms with Gasteiger partial charge in [0.25, 0.3) is 0 Å². The largest absolute Gasteiger partial charge is 0.507 e. The van der Waals surface area contributed by atoms with Gasteiger partial charge in [0, 0.05) is 34.7 Å². The van der Waals surface area contributed by atoms with Gasteiger partial charge in [-0.1, -0.05) is 6.07 Å². The number of phenolic OH excluding ortho intramolecular Hbond substituents is 1. The summed E-state index contributed by atoms with van der Waals surface area (Å²) in [6.45, 7) is 2.39. The van der Waals surface area contributed by atoms with E-state index >= 15 is 0 Å². The standard InChI is InChI=1S/C14H16N2O3/c1-7-4-10-11(16-7)3-2-9(13(10)17)12-5-8(6-15-12)14(18)19/h2-4,8,12,15-17H,5-6H2,1H3,(H,18,19). The highest BCUT2D eigenvalue weighted by Gasteiger charge is 2.31. The maximum absolute atomic E-state index is 11.0. The van der Waals surface area contributed by atoms with E-state index < -0.39 is 5.97 Å². The van der Waals surface area contributed by atoms with E-state index in [9.17, 15) is 9.90 Å². The molecule has 2 aromatic rings. The van der Waals surface area contributed by atoms with Gasteiger partial charge in [0.2, 0.25) is 0 Å². The summed E-state index contributed by atoms with van der Waals surface area (Å²) in [4.78, 5) is 14.1. The summed E-state index contributed by atoms with van der Waals surface area (Å²) >= 11 is 0. The van der Waals surface area contributed by atoms with Crippen LogP contribution in [0.15, 0.2) is 18.2 Å². The molecule has 5 nitrogen and oxygen atoms in total. The van der Waals surface area contributed by atoms with E-state index in [1.54, 1.807) is 0 Å². The van der Waals surface area contributed by atoms with Gasteiger partial charge in [-0.2, -0.15) is 0 Å². The van der Waals surface area contributed by atoms with Crippen molar-refractivity contribution in [2.24, 2.45) is 5.92 Å². The number of H-pyrrole nitrogens is 1. The van der Waals surface area contributed by atoms with E-state index in [1.165, 1.54) is 0 Å². The highest BCUT2D eigenvalue weighted by atomic mass is 16.4. The van der Waals surface area contributed by atoms with Gasteiger partial charge in [-0.3, -0.25) is 4.79 Å². The van der Waals surface area contributed by atoms with Crippen LogP contribution in [-0.4, -0.2) is 27.7 Å². The zero-order valence-corrected chi connectivity index (χ0v) is 10.6. The average Bonchev–Trinajstić information content (AvgIpc) is 2.95. The summed E-state index contributed by atoms with van der Waals surface area (Å²) in [6.07, 6.45) is 0.512. The van der Waals surface area contributed by atoms with E-state index in [1.807, 2.05) is 25.1 Å². The quantitative estimate of drug-likeness (QED) is 0.664. The molecule has 3 rings (SSSR count). The molecule has 2 atom stereocenters. The van der Waals surface area contributed by atoms with Crippen molar-refractivity contribution in [1.29, 1.82) is 0 Å². The van der Waals surface area contributed by atoms with E-state index in [0.717, 1.165) is 22.2 Å². The summed E-state index contributed by atoms with van der Waals surface area (Å²) in [5, 5.41) is 23.3. The number of aromatic hydroxyl groups is 1. The Kier molecular flexibility index (Phi) is 2.71. The van der Waals surface area contributed by atoms with Gasteiger partial charge in [0.15, 0.2) is 0 Å². The van der Waals surface area contributed by atoms with E-state index in [0.29, 0.717) is 13.0 Å². The van der Waals surface area contributed by atoms with Crippen molar-refractivity contribution in [1.82, 2.24) is 10.3 Å². The molecule has 19 heavy (non-hydrogen) atoms. The first kappa shape index (κ1) is 12.0. The van der Waals surface area contributed by atoms with Crippen LogP contribution in [0.2, 0.25) is 0 Å². The van der Waals surface area contributed by atoms with Crippen LogP contribution in [0.25, 0.3) is 10.9 Å². The second-order valence-electron chi connectivity index (χ2n) is 5.15. The molecular formula is C14H16N2O3. The molecule has 1 fully saturated rings. The second-order valence-corrected chi connectivity index (χ2v) is 5.15. The highest BCUT2D eigenvalue weighted by Crippen LogP contribution is 2.37. The molecule has 2 heterocycles. The minimum atomic E-state index is -0.784. The molecule has 0 saturated carbocycles. The molecule has 0 spiro atoms. The summed E-state index contributed by atoms with van der Waals surface area (Å²) in [5.41, 5.74) is 2.66. The molecule has 0 amide bonds. The first-order valence-corrected chi connectivity index (χ1v) is 6.33. The van der Waals surface area contributed by atoms with E-state index in [-0.39, 0.29) is 17.7 Å². The number of rotatable bonds is 2. The summed E-state index contributed by atoms with van der Waals surface area (Å²) < 4.78 is 0. The van der Waals surface area contributed by atoms with Crippen molar-refractivity contribution < 1.29 is 15.0 Å². The Morgan fingerprint density at radius 1 is 1.42 bits per heavy atom. The lowest BCUT2D eigenvalue weighted by molar-refractivity contribution is -0.141. The molecule has 2 unspecified atom stereocenters. The molecule has 1 aromatic carbocycles. The van der Waals surface area contributed by atoms with Crippen LogP contribution >= 0.6 is 0 Å². The molecule has 0 bridgehead atoms. The van der Waals surface area contributed by atoms with Crippen LogP contribution in [0, 0.1) is 12.8 Å². The molecule has 1 aliphatic rings. The topological polar surface area (TPSA) is 85.3 Å². The number of nitrogens with one attached hydrogen (secondary N) is 2. The van der Waals surface area contributed by atoms with Gasteiger partial charge in [0.05, 0.1) is 5.92 Å². The number of carboxylic acids is 1. The fourth-order valence-corrected chi connectivity index (χ4v) is 2.79. The molecule has 1 aliphatic heterocycles. The number of fused-ring (bicyclic) bond motifs is 1. The van der Waals surface area contributed by atoms with Crippen LogP contribution < -0.4 is 5.32 Å². The highest BCUT2D eigenvalue weighted by molar-refractivity contribution is 5.88. The third-order valence-corrected chi connectivity index (χ3v) is 3.80. The van der Waals surface area contributed by atoms with Crippen LogP contribution in [0.1, 0.15) is 23.7 Å². The van der Waals surface area contributed by atoms with E-state index in [2.05, 4.69) is 10.3 Å². The lowest BCUT2D eigenvalue weighted by atomic mass is 9.98. The van der Waals surface area contributed by atoms with Crippen molar-refractivity contribution in [2.45, 2.75) is 19.4 Å².